The van der Waals surface area contributed by atoms with Crippen LogP contribution in [0.3, 0.4) is 0 Å². The SMILES string of the molecule is C[C@H]1CCc2c(sc3ncnc(OCC(=O)NCCc4ccc(F)cc4)c23)C1. The van der Waals surface area contributed by atoms with Crippen molar-refractivity contribution in [2.75, 3.05) is 13.2 Å². The molecule has 1 aliphatic rings. The quantitative estimate of drug-likeness (QED) is 0.687. The number of hydrogen-bond donors (Lipinski definition) is 1. The van der Waals surface area contributed by atoms with Gasteiger partial charge in [0.25, 0.3) is 5.91 Å². The number of carbonyl (C=O) groups excluding carboxylic acids is 1. The van der Waals surface area contributed by atoms with Gasteiger partial charge >= 0.3 is 0 Å². The smallest absolute Gasteiger partial charge is 0.258 e. The summed E-state index contributed by atoms with van der Waals surface area (Å²) in [6.07, 6.45) is 5.36. The lowest BCUT2D eigenvalue weighted by atomic mass is 9.89. The van der Waals surface area contributed by atoms with Gasteiger partial charge in [-0.15, -0.1) is 11.3 Å². The van der Waals surface area contributed by atoms with E-state index in [1.807, 2.05) is 0 Å². The molecule has 7 heteroatoms. The van der Waals surface area contributed by atoms with Crippen LogP contribution in [-0.2, 0) is 24.1 Å². The molecule has 3 aromatic rings. The highest BCUT2D eigenvalue weighted by molar-refractivity contribution is 7.18. The molecule has 2 aromatic heterocycles. The summed E-state index contributed by atoms with van der Waals surface area (Å²) in [7, 11) is 0. The Kier molecular flexibility index (Phi) is 5.52. The number of aryl methyl sites for hydroxylation is 1. The molecule has 5 nitrogen and oxygen atoms in total. The Morgan fingerprint density at radius 2 is 2.14 bits per heavy atom. The van der Waals surface area contributed by atoms with E-state index in [9.17, 15) is 9.18 Å². The average Bonchev–Trinajstić information content (AvgIpc) is 3.06. The maximum atomic E-state index is 12.9. The molecule has 0 aliphatic heterocycles. The lowest BCUT2D eigenvalue weighted by Crippen LogP contribution is -2.30. The number of hydrogen-bond acceptors (Lipinski definition) is 5. The van der Waals surface area contributed by atoms with Crippen LogP contribution in [0.4, 0.5) is 4.39 Å². The Labute approximate surface area is 167 Å². The van der Waals surface area contributed by atoms with E-state index in [2.05, 4.69) is 22.2 Å². The molecule has 2 heterocycles. The van der Waals surface area contributed by atoms with Gasteiger partial charge in [0.05, 0.1) is 5.39 Å². The van der Waals surface area contributed by atoms with Crippen molar-refractivity contribution < 1.29 is 13.9 Å². The van der Waals surface area contributed by atoms with Crippen LogP contribution in [0.25, 0.3) is 10.2 Å². The molecule has 0 radical (unpaired) electrons. The van der Waals surface area contributed by atoms with Crippen molar-refractivity contribution in [2.24, 2.45) is 5.92 Å². The number of nitrogens with zero attached hydrogens (tertiary/aromatic N) is 2. The Bertz CT molecular complexity index is 987. The van der Waals surface area contributed by atoms with E-state index in [0.29, 0.717) is 24.8 Å². The van der Waals surface area contributed by atoms with Crippen LogP contribution in [0.5, 0.6) is 5.88 Å². The molecule has 1 aromatic carbocycles. The Morgan fingerprint density at radius 3 is 2.96 bits per heavy atom. The van der Waals surface area contributed by atoms with Crippen LogP contribution >= 0.6 is 11.3 Å². The van der Waals surface area contributed by atoms with Gasteiger partial charge in [-0.2, -0.15) is 0 Å². The molecule has 0 unspecified atom stereocenters. The predicted octanol–water partition coefficient (Wildman–Crippen LogP) is 3.69. The van der Waals surface area contributed by atoms with Crippen molar-refractivity contribution >= 4 is 27.5 Å². The first-order valence-corrected chi connectivity index (χ1v) is 10.3. The Hall–Kier alpha value is -2.54. The van der Waals surface area contributed by atoms with Crippen LogP contribution in [0.15, 0.2) is 30.6 Å². The van der Waals surface area contributed by atoms with Crippen LogP contribution < -0.4 is 10.1 Å². The normalized spacial score (nSPS) is 16.0. The number of fused-ring (bicyclic) bond motifs is 3. The Morgan fingerprint density at radius 1 is 1.32 bits per heavy atom. The number of rotatable bonds is 6. The summed E-state index contributed by atoms with van der Waals surface area (Å²) < 4.78 is 18.7. The van der Waals surface area contributed by atoms with Gasteiger partial charge in [0.1, 0.15) is 17.0 Å². The van der Waals surface area contributed by atoms with E-state index in [4.69, 9.17) is 4.74 Å². The number of halogens is 1. The van der Waals surface area contributed by atoms with Gasteiger partial charge in [-0.1, -0.05) is 19.1 Å². The standard InChI is InChI=1S/C21H22FN3O2S/c1-13-2-7-16-17(10-13)28-21-19(16)20(24-12-25-21)27-11-18(26)23-9-8-14-3-5-15(22)6-4-14/h3-6,12-13H,2,7-11H2,1H3,(H,23,26)/t13-/m0/s1. The maximum Gasteiger partial charge on any atom is 0.258 e. The molecule has 4 rings (SSSR count). The molecule has 0 spiro atoms. The molecule has 1 N–H and O–H groups in total. The monoisotopic (exact) mass is 399 g/mol. The molecule has 1 amide bonds. The van der Waals surface area contributed by atoms with E-state index in [1.54, 1.807) is 23.5 Å². The minimum atomic E-state index is -0.262. The second kappa shape index (κ2) is 8.22. The lowest BCUT2D eigenvalue weighted by molar-refractivity contribution is -0.123. The molecule has 0 saturated heterocycles. The van der Waals surface area contributed by atoms with E-state index >= 15 is 0 Å². The number of benzene rings is 1. The topological polar surface area (TPSA) is 64.1 Å². The first-order valence-electron chi connectivity index (χ1n) is 9.49. The predicted molar refractivity (Wildman–Crippen MR) is 107 cm³/mol. The minimum absolute atomic E-state index is 0.0868. The summed E-state index contributed by atoms with van der Waals surface area (Å²) in [5, 5.41) is 3.79. The third-order valence-electron chi connectivity index (χ3n) is 5.05. The number of thiophene rings is 1. The van der Waals surface area contributed by atoms with Gasteiger partial charge in [-0.3, -0.25) is 4.79 Å². The summed E-state index contributed by atoms with van der Waals surface area (Å²) in [5.74, 6) is 0.713. The molecular weight excluding hydrogens is 377 g/mol. The van der Waals surface area contributed by atoms with Gasteiger partial charge in [0.2, 0.25) is 5.88 Å². The summed E-state index contributed by atoms with van der Waals surface area (Å²) in [6, 6.07) is 6.28. The molecule has 146 valence electrons. The van der Waals surface area contributed by atoms with Gasteiger partial charge in [0.15, 0.2) is 6.61 Å². The highest BCUT2D eigenvalue weighted by Crippen LogP contribution is 2.40. The van der Waals surface area contributed by atoms with Crippen molar-refractivity contribution in [3.63, 3.8) is 0 Å². The fourth-order valence-corrected chi connectivity index (χ4v) is 4.88. The third kappa shape index (κ3) is 4.14. The zero-order valence-corrected chi connectivity index (χ0v) is 16.5. The number of ether oxygens (including phenoxy) is 1. The molecular formula is C21H22FN3O2S. The molecule has 0 fully saturated rings. The van der Waals surface area contributed by atoms with E-state index < -0.39 is 0 Å². The van der Waals surface area contributed by atoms with E-state index in [0.717, 1.165) is 35.0 Å². The van der Waals surface area contributed by atoms with Gasteiger partial charge in [-0.25, -0.2) is 14.4 Å². The van der Waals surface area contributed by atoms with E-state index in [-0.39, 0.29) is 18.3 Å². The first kappa shape index (κ1) is 18.8. The van der Waals surface area contributed by atoms with Gasteiger partial charge in [-0.05, 0) is 54.9 Å². The molecule has 1 aliphatic carbocycles. The molecule has 0 saturated carbocycles. The van der Waals surface area contributed by atoms with Crippen molar-refractivity contribution in [3.05, 3.63) is 52.4 Å². The zero-order chi connectivity index (χ0) is 19.5. The van der Waals surface area contributed by atoms with Gasteiger partial charge in [0, 0.05) is 11.4 Å². The van der Waals surface area contributed by atoms with Crippen LogP contribution in [-0.4, -0.2) is 29.0 Å². The molecule has 1 atom stereocenters. The second-order valence-corrected chi connectivity index (χ2v) is 8.31. The van der Waals surface area contributed by atoms with Crippen LogP contribution in [0, 0.1) is 11.7 Å². The van der Waals surface area contributed by atoms with Crippen LogP contribution in [0.1, 0.15) is 29.3 Å². The minimum Gasteiger partial charge on any atom is -0.467 e. The number of nitrogens with one attached hydrogen (secondary N) is 1. The first-order chi connectivity index (χ1) is 13.6. The fraction of sp³-hybridized carbons (Fsp3) is 0.381. The molecule has 28 heavy (non-hydrogen) atoms. The number of amides is 1. The van der Waals surface area contributed by atoms with Crippen LogP contribution in [0.2, 0.25) is 0 Å². The summed E-state index contributed by atoms with van der Waals surface area (Å²) >= 11 is 1.71. The number of carbonyl (C=O) groups is 1. The summed E-state index contributed by atoms with van der Waals surface area (Å²) in [6.45, 7) is 2.65. The fourth-order valence-electron chi connectivity index (χ4n) is 3.54. The highest BCUT2D eigenvalue weighted by Gasteiger charge is 2.23. The third-order valence-corrected chi connectivity index (χ3v) is 6.21. The largest absolute Gasteiger partial charge is 0.467 e. The van der Waals surface area contributed by atoms with Crippen molar-refractivity contribution in [1.29, 1.82) is 0 Å². The summed E-state index contributed by atoms with van der Waals surface area (Å²) in [5.41, 5.74) is 2.25. The van der Waals surface area contributed by atoms with E-state index in [1.165, 1.54) is 28.9 Å². The second-order valence-electron chi connectivity index (χ2n) is 7.23. The highest BCUT2D eigenvalue weighted by atomic mass is 32.1. The van der Waals surface area contributed by atoms with Gasteiger partial charge < -0.3 is 10.1 Å². The lowest BCUT2D eigenvalue weighted by Gasteiger charge is -2.18. The van der Waals surface area contributed by atoms with Crippen molar-refractivity contribution in [3.8, 4) is 5.88 Å². The molecule has 0 bridgehead atoms. The maximum absolute atomic E-state index is 12.9. The zero-order valence-electron chi connectivity index (χ0n) is 15.7. The van der Waals surface area contributed by atoms with Crippen molar-refractivity contribution in [1.82, 2.24) is 15.3 Å². The van der Waals surface area contributed by atoms with Crippen molar-refractivity contribution in [2.45, 2.75) is 32.6 Å². The Balaban J connectivity index is 1.36. The number of aromatic nitrogens is 2. The average molecular weight is 399 g/mol. The summed E-state index contributed by atoms with van der Waals surface area (Å²) in [4.78, 5) is 23.1.